The minimum atomic E-state index is -0.289. The zero-order valence-corrected chi connectivity index (χ0v) is 9.61. The average molecular weight is 242 g/mol. The van der Waals surface area contributed by atoms with E-state index >= 15 is 0 Å². The van der Waals surface area contributed by atoms with Crippen LogP contribution >= 0.6 is 0 Å². The van der Waals surface area contributed by atoms with Crippen molar-refractivity contribution in [1.29, 1.82) is 0 Å². The van der Waals surface area contributed by atoms with Crippen LogP contribution in [0.1, 0.15) is 10.5 Å². The SMILES string of the molecule is Cn1ccc(C(=O)Nc2cn3cncc3cn2)n1. The summed E-state index contributed by atoms with van der Waals surface area (Å²) in [5, 5.41) is 6.70. The number of nitrogens with zero attached hydrogens (tertiary/aromatic N) is 5. The molecule has 1 amide bonds. The van der Waals surface area contributed by atoms with Gasteiger partial charge in [0, 0.05) is 13.2 Å². The number of aromatic nitrogens is 5. The van der Waals surface area contributed by atoms with Crippen molar-refractivity contribution in [3.05, 3.63) is 42.9 Å². The summed E-state index contributed by atoms with van der Waals surface area (Å²) in [5.74, 6) is 0.165. The Morgan fingerprint density at radius 3 is 3.06 bits per heavy atom. The number of hydrogen-bond donors (Lipinski definition) is 1. The minimum absolute atomic E-state index is 0.289. The van der Waals surface area contributed by atoms with Gasteiger partial charge in [-0.3, -0.25) is 9.48 Å². The number of nitrogens with one attached hydrogen (secondary N) is 1. The summed E-state index contributed by atoms with van der Waals surface area (Å²) >= 11 is 0. The Labute approximate surface area is 102 Å². The van der Waals surface area contributed by atoms with E-state index in [1.165, 1.54) is 0 Å². The number of aryl methyl sites for hydroxylation is 1. The molecule has 90 valence electrons. The lowest BCUT2D eigenvalue weighted by Crippen LogP contribution is -2.14. The maximum atomic E-state index is 11.8. The molecule has 7 nitrogen and oxygen atoms in total. The second-order valence-electron chi connectivity index (χ2n) is 3.83. The first-order chi connectivity index (χ1) is 8.72. The van der Waals surface area contributed by atoms with Gasteiger partial charge in [0.2, 0.25) is 0 Å². The summed E-state index contributed by atoms with van der Waals surface area (Å²) in [4.78, 5) is 20.0. The third-order valence-corrected chi connectivity index (χ3v) is 2.48. The van der Waals surface area contributed by atoms with Gasteiger partial charge in [0.25, 0.3) is 5.91 Å². The lowest BCUT2D eigenvalue weighted by molar-refractivity contribution is 0.102. The third-order valence-electron chi connectivity index (χ3n) is 2.48. The van der Waals surface area contributed by atoms with E-state index in [0.717, 1.165) is 5.52 Å². The lowest BCUT2D eigenvalue weighted by atomic mass is 10.4. The largest absolute Gasteiger partial charge is 0.304 e. The van der Waals surface area contributed by atoms with Gasteiger partial charge in [-0.25, -0.2) is 9.97 Å². The van der Waals surface area contributed by atoms with E-state index in [-0.39, 0.29) is 5.91 Å². The van der Waals surface area contributed by atoms with Crippen LogP contribution in [0.15, 0.2) is 37.2 Å². The molecule has 0 spiro atoms. The molecule has 0 aliphatic heterocycles. The number of anilines is 1. The van der Waals surface area contributed by atoms with Gasteiger partial charge in [0.1, 0.15) is 5.82 Å². The Kier molecular flexibility index (Phi) is 2.30. The van der Waals surface area contributed by atoms with Gasteiger partial charge >= 0.3 is 0 Å². The molecule has 0 saturated carbocycles. The molecule has 0 saturated heterocycles. The van der Waals surface area contributed by atoms with Crippen LogP contribution in [0, 0.1) is 0 Å². The van der Waals surface area contributed by atoms with E-state index in [1.54, 1.807) is 53.3 Å². The minimum Gasteiger partial charge on any atom is -0.304 e. The molecule has 0 aliphatic carbocycles. The number of hydrogen-bond acceptors (Lipinski definition) is 4. The predicted molar refractivity (Wildman–Crippen MR) is 64.1 cm³/mol. The summed E-state index contributed by atoms with van der Waals surface area (Å²) in [5.41, 5.74) is 1.22. The van der Waals surface area contributed by atoms with E-state index in [0.29, 0.717) is 11.5 Å². The van der Waals surface area contributed by atoms with Crippen molar-refractivity contribution >= 4 is 17.2 Å². The standard InChI is InChI=1S/C11H10N6O/c1-16-3-2-9(15-16)11(18)14-10-6-17-7-12-4-8(17)5-13-10/h2-7H,1H3,(H,14,18). The zero-order valence-electron chi connectivity index (χ0n) is 9.61. The molecule has 3 rings (SSSR count). The molecule has 0 unspecified atom stereocenters. The number of carbonyl (C=O) groups is 1. The van der Waals surface area contributed by atoms with Crippen LogP contribution in [0.25, 0.3) is 5.52 Å². The molecule has 0 aromatic carbocycles. The van der Waals surface area contributed by atoms with Crippen LogP contribution in [0.5, 0.6) is 0 Å². The van der Waals surface area contributed by atoms with E-state index in [9.17, 15) is 4.79 Å². The van der Waals surface area contributed by atoms with E-state index in [4.69, 9.17) is 0 Å². The highest BCUT2D eigenvalue weighted by Gasteiger charge is 2.09. The topological polar surface area (TPSA) is 77.1 Å². The summed E-state index contributed by atoms with van der Waals surface area (Å²) in [6.45, 7) is 0. The molecule has 0 bridgehead atoms. The highest BCUT2D eigenvalue weighted by molar-refractivity contribution is 6.02. The summed E-state index contributed by atoms with van der Waals surface area (Å²) in [7, 11) is 1.76. The van der Waals surface area contributed by atoms with Crippen molar-refractivity contribution in [3.8, 4) is 0 Å². The molecule has 3 aromatic rings. The first-order valence-electron chi connectivity index (χ1n) is 5.31. The van der Waals surface area contributed by atoms with Crippen molar-refractivity contribution < 1.29 is 4.79 Å². The van der Waals surface area contributed by atoms with E-state index in [1.807, 2.05) is 0 Å². The Hall–Kier alpha value is -2.70. The van der Waals surface area contributed by atoms with Crippen LogP contribution in [-0.4, -0.2) is 30.1 Å². The molecule has 0 radical (unpaired) electrons. The predicted octanol–water partition coefficient (Wildman–Crippen LogP) is 0.715. The molecule has 3 aromatic heterocycles. The van der Waals surface area contributed by atoms with Crippen LogP contribution in [0.4, 0.5) is 5.82 Å². The van der Waals surface area contributed by atoms with Gasteiger partial charge in [-0.1, -0.05) is 0 Å². The average Bonchev–Trinajstić information content (AvgIpc) is 2.96. The number of imidazole rings is 1. The summed E-state index contributed by atoms with van der Waals surface area (Å²) in [6.07, 6.45) is 8.39. The molecular weight excluding hydrogens is 232 g/mol. The Balaban J connectivity index is 1.85. The van der Waals surface area contributed by atoms with Crippen molar-refractivity contribution in [2.75, 3.05) is 5.32 Å². The van der Waals surface area contributed by atoms with Gasteiger partial charge in [0.05, 0.1) is 30.4 Å². The van der Waals surface area contributed by atoms with Crippen LogP contribution in [-0.2, 0) is 7.05 Å². The smallest absolute Gasteiger partial charge is 0.277 e. The fourth-order valence-electron chi connectivity index (χ4n) is 1.60. The zero-order chi connectivity index (χ0) is 12.5. The second kappa shape index (κ2) is 3.95. The first-order valence-corrected chi connectivity index (χ1v) is 5.31. The van der Waals surface area contributed by atoms with Gasteiger partial charge in [-0.05, 0) is 6.07 Å². The van der Waals surface area contributed by atoms with E-state index in [2.05, 4.69) is 20.4 Å². The highest BCUT2D eigenvalue weighted by Crippen LogP contribution is 2.07. The van der Waals surface area contributed by atoms with Gasteiger partial charge in [-0.2, -0.15) is 5.10 Å². The molecule has 1 N–H and O–H groups in total. The highest BCUT2D eigenvalue weighted by atomic mass is 16.2. The number of amides is 1. The maximum Gasteiger partial charge on any atom is 0.277 e. The normalized spacial score (nSPS) is 10.7. The van der Waals surface area contributed by atoms with E-state index < -0.39 is 0 Å². The molecule has 3 heterocycles. The molecule has 0 atom stereocenters. The number of rotatable bonds is 2. The van der Waals surface area contributed by atoms with Crippen molar-refractivity contribution in [1.82, 2.24) is 24.1 Å². The first kappa shape index (κ1) is 10.5. The van der Waals surface area contributed by atoms with Crippen molar-refractivity contribution in [2.45, 2.75) is 0 Å². The number of carbonyl (C=O) groups excluding carboxylic acids is 1. The fourth-order valence-corrected chi connectivity index (χ4v) is 1.60. The molecule has 0 fully saturated rings. The summed E-state index contributed by atoms with van der Waals surface area (Å²) < 4.78 is 3.35. The lowest BCUT2D eigenvalue weighted by Gasteiger charge is -2.02. The number of fused-ring (bicyclic) bond motifs is 1. The Bertz CT molecular complexity index is 713. The van der Waals surface area contributed by atoms with Gasteiger partial charge < -0.3 is 9.72 Å². The van der Waals surface area contributed by atoms with Crippen LogP contribution in [0.3, 0.4) is 0 Å². The van der Waals surface area contributed by atoms with Crippen LogP contribution < -0.4 is 5.32 Å². The quantitative estimate of drug-likeness (QED) is 0.718. The molecular formula is C11H10N6O. The molecule has 0 aliphatic rings. The van der Waals surface area contributed by atoms with Crippen LogP contribution in [0.2, 0.25) is 0 Å². The fraction of sp³-hybridized carbons (Fsp3) is 0.0909. The summed E-state index contributed by atoms with van der Waals surface area (Å²) in [6, 6.07) is 1.64. The molecule has 18 heavy (non-hydrogen) atoms. The third kappa shape index (κ3) is 1.81. The van der Waals surface area contributed by atoms with Crippen molar-refractivity contribution in [2.24, 2.45) is 7.05 Å². The maximum absolute atomic E-state index is 11.8. The Morgan fingerprint density at radius 1 is 1.39 bits per heavy atom. The van der Waals surface area contributed by atoms with Gasteiger partial charge in [-0.15, -0.1) is 0 Å². The molecule has 7 heteroatoms. The monoisotopic (exact) mass is 242 g/mol. The Morgan fingerprint density at radius 2 is 2.28 bits per heavy atom. The van der Waals surface area contributed by atoms with Crippen molar-refractivity contribution in [3.63, 3.8) is 0 Å². The second-order valence-corrected chi connectivity index (χ2v) is 3.83. The van der Waals surface area contributed by atoms with Gasteiger partial charge in [0.15, 0.2) is 5.69 Å².